The van der Waals surface area contributed by atoms with Crippen molar-refractivity contribution in [1.82, 2.24) is 4.72 Å². The fraction of sp³-hybridized carbons (Fsp3) is 0.235. The number of esters is 1. The van der Waals surface area contributed by atoms with Crippen LogP contribution in [0.4, 0.5) is 0 Å². The van der Waals surface area contributed by atoms with Crippen LogP contribution in [0.5, 0.6) is 11.5 Å². The number of para-hydroxylation sites is 2. The van der Waals surface area contributed by atoms with E-state index in [1.807, 2.05) is 12.1 Å². The highest BCUT2D eigenvalue weighted by atomic mass is 32.2. The van der Waals surface area contributed by atoms with Crippen molar-refractivity contribution in [3.63, 3.8) is 0 Å². The number of benzene rings is 2. The van der Waals surface area contributed by atoms with E-state index in [9.17, 15) is 13.2 Å². The molecule has 7 nitrogen and oxygen atoms in total. The van der Waals surface area contributed by atoms with Crippen LogP contribution in [0.2, 0.25) is 0 Å². The summed E-state index contributed by atoms with van der Waals surface area (Å²) in [6.45, 7) is 0.316. The molecule has 2 aromatic carbocycles. The number of rotatable bonds is 5. The molecule has 0 fully saturated rings. The first-order valence-electron chi connectivity index (χ1n) is 7.56. The van der Waals surface area contributed by atoms with Crippen LogP contribution in [0.1, 0.15) is 10.4 Å². The molecule has 25 heavy (non-hydrogen) atoms. The van der Waals surface area contributed by atoms with Crippen LogP contribution >= 0.6 is 0 Å². The fourth-order valence-corrected chi connectivity index (χ4v) is 3.40. The van der Waals surface area contributed by atoms with Gasteiger partial charge in [-0.3, -0.25) is 0 Å². The first-order valence-corrected chi connectivity index (χ1v) is 9.04. The van der Waals surface area contributed by atoms with Crippen LogP contribution in [-0.4, -0.2) is 40.8 Å². The largest absolute Gasteiger partial charge is 0.486 e. The molecule has 0 unspecified atom stereocenters. The van der Waals surface area contributed by atoms with Crippen molar-refractivity contribution in [2.45, 2.75) is 11.0 Å². The summed E-state index contributed by atoms with van der Waals surface area (Å²) in [5, 5.41) is 0. The lowest BCUT2D eigenvalue weighted by atomic mass is 10.2. The summed E-state index contributed by atoms with van der Waals surface area (Å²) >= 11 is 0. The van der Waals surface area contributed by atoms with Crippen molar-refractivity contribution in [2.75, 3.05) is 20.3 Å². The number of ether oxygens (including phenoxy) is 3. The van der Waals surface area contributed by atoms with Crippen LogP contribution in [0, 0.1) is 0 Å². The number of methoxy groups -OCH3 is 1. The fourth-order valence-electron chi connectivity index (χ4n) is 2.34. The Labute approximate surface area is 145 Å². The van der Waals surface area contributed by atoms with Gasteiger partial charge < -0.3 is 14.2 Å². The molecule has 1 aliphatic heterocycles. The average Bonchev–Trinajstić information content (AvgIpc) is 2.65. The van der Waals surface area contributed by atoms with E-state index in [1.165, 1.54) is 31.4 Å². The second-order valence-corrected chi connectivity index (χ2v) is 7.13. The van der Waals surface area contributed by atoms with Gasteiger partial charge in [0.2, 0.25) is 10.0 Å². The zero-order valence-electron chi connectivity index (χ0n) is 13.5. The van der Waals surface area contributed by atoms with Crippen LogP contribution in [0.15, 0.2) is 53.4 Å². The molecular formula is C17H17NO6S. The van der Waals surface area contributed by atoms with Crippen molar-refractivity contribution in [3.8, 4) is 11.5 Å². The molecule has 8 heteroatoms. The maximum atomic E-state index is 12.3. The second kappa shape index (κ2) is 7.12. The zero-order valence-corrected chi connectivity index (χ0v) is 14.3. The molecule has 2 aromatic rings. The minimum absolute atomic E-state index is 0.0530. The van der Waals surface area contributed by atoms with Crippen LogP contribution < -0.4 is 14.2 Å². The first kappa shape index (κ1) is 17.2. The highest BCUT2D eigenvalue weighted by molar-refractivity contribution is 7.89. The molecule has 0 radical (unpaired) electrons. The van der Waals surface area contributed by atoms with Crippen molar-refractivity contribution >= 4 is 16.0 Å². The molecule has 1 N–H and O–H groups in total. The van der Waals surface area contributed by atoms with Crippen LogP contribution in [-0.2, 0) is 14.8 Å². The Morgan fingerprint density at radius 3 is 2.52 bits per heavy atom. The standard InChI is InChI=1S/C17H17NO6S/c1-22-17(19)12-6-8-14(9-7-12)25(20,21)18-10-13-11-23-15-4-2-3-5-16(15)24-13/h2-9,13,18H,10-11H2,1H3/t13-/m0/s1. The van der Waals surface area contributed by atoms with Gasteiger partial charge in [-0.1, -0.05) is 12.1 Å². The molecule has 3 rings (SSSR count). The molecule has 0 saturated heterocycles. The van der Waals surface area contributed by atoms with Gasteiger partial charge in [-0.25, -0.2) is 17.9 Å². The second-order valence-electron chi connectivity index (χ2n) is 5.37. The maximum Gasteiger partial charge on any atom is 0.337 e. The Morgan fingerprint density at radius 2 is 1.84 bits per heavy atom. The van der Waals surface area contributed by atoms with E-state index in [4.69, 9.17) is 9.47 Å². The zero-order chi connectivity index (χ0) is 17.9. The lowest BCUT2D eigenvalue weighted by molar-refractivity contribution is 0.0600. The third kappa shape index (κ3) is 3.92. The van der Waals surface area contributed by atoms with E-state index < -0.39 is 22.1 Å². The quantitative estimate of drug-likeness (QED) is 0.812. The summed E-state index contributed by atoms with van der Waals surface area (Å²) in [6, 6.07) is 12.7. The van der Waals surface area contributed by atoms with E-state index in [1.54, 1.807) is 12.1 Å². The van der Waals surface area contributed by atoms with Gasteiger partial charge in [0.1, 0.15) is 12.7 Å². The average molecular weight is 363 g/mol. The van der Waals surface area contributed by atoms with Crippen molar-refractivity contribution in [3.05, 3.63) is 54.1 Å². The minimum atomic E-state index is -3.72. The lowest BCUT2D eigenvalue weighted by Gasteiger charge is -2.26. The van der Waals surface area contributed by atoms with E-state index >= 15 is 0 Å². The highest BCUT2D eigenvalue weighted by Gasteiger charge is 2.23. The smallest absolute Gasteiger partial charge is 0.337 e. The molecule has 0 aromatic heterocycles. The van der Waals surface area contributed by atoms with E-state index in [2.05, 4.69) is 9.46 Å². The first-order chi connectivity index (χ1) is 12.0. The predicted octanol–water partition coefficient (Wildman–Crippen LogP) is 1.59. The van der Waals surface area contributed by atoms with Gasteiger partial charge in [-0.05, 0) is 36.4 Å². The molecule has 0 saturated carbocycles. The number of hydrogen-bond donors (Lipinski definition) is 1. The monoisotopic (exact) mass is 363 g/mol. The third-order valence-corrected chi connectivity index (χ3v) is 5.09. The van der Waals surface area contributed by atoms with Crippen LogP contribution in [0.25, 0.3) is 0 Å². The Hall–Kier alpha value is -2.58. The topological polar surface area (TPSA) is 90.9 Å². The van der Waals surface area contributed by atoms with Gasteiger partial charge in [-0.15, -0.1) is 0 Å². The summed E-state index contributed by atoms with van der Waals surface area (Å²) < 4.78 is 43.0. The van der Waals surface area contributed by atoms with Gasteiger partial charge in [-0.2, -0.15) is 0 Å². The molecule has 1 atom stereocenters. The molecule has 0 spiro atoms. The van der Waals surface area contributed by atoms with Gasteiger partial charge in [0.25, 0.3) is 0 Å². The normalized spacial score (nSPS) is 16.3. The highest BCUT2D eigenvalue weighted by Crippen LogP contribution is 2.30. The lowest BCUT2D eigenvalue weighted by Crippen LogP contribution is -2.40. The van der Waals surface area contributed by atoms with E-state index in [0.29, 0.717) is 11.5 Å². The number of fused-ring (bicyclic) bond motifs is 1. The molecule has 132 valence electrons. The number of nitrogens with one attached hydrogen (secondary N) is 1. The minimum Gasteiger partial charge on any atom is -0.486 e. The third-order valence-electron chi connectivity index (χ3n) is 3.65. The number of hydrogen-bond acceptors (Lipinski definition) is 6. The predicted molar refractivity (Wildman–Crippen MR) is 89.3 cm³/mol. The van der Waals surface area contributed by atoms with Gasteiger partial charge in [0.05, 0.1) is 24.1 Å². The van der Waals surface area contributed by atoms with Gasteiger partial charge in [0, 0.05) is 0 Å². The summed E-state index contributed by atoms with van der Waals surface area (Å²) in [7, 11) is -2.46. The molecule has 1 heterocycles. The molecule has 0 amide bonds. The summed E-state index contributed by atoms with van der Waals surface area (Å²) in [4.78, 5) is 11.4. The Balaban J connectivity index is 1.63. The SMILES string of the molecule is COC(=O)c1ccc(S(=O)(=O)NC[C@H]2COc3ccccc3O2)cc1. The summed E-state index contributed by atoms with van der Waals surface area (Å²) in [6.07, 6.45) is -0.431. The molecule has 0 bridgehead atoms. The number of carbonyl (C=O) groups excluding carboxylic acids is 1. The van der Waals surface area contributed by atoms with Gasteiger partial charge in [0.15, 0.2) is 11.5 Å². The van der Waals surface area contributed by atoms with Gasteiger partial charge >= 0.3 is 5.97 Å². The molecule has 0 aliphatic carbocycles. The van der Waals surface area contributed by atoms with Crippen molar-refractivity contribution in [2.24, 2.45) is 0 Å². The van der Waals surface area contributed by atoms with Crippen molar-refractivity contribution < 1.29 is 27.4 Å². The Morgan fingerprint density at radius 1 is 1.16 bits per heavy atom. The Kier molecular flexibility index (Phi) is 4.91. The Bertz CT molecular complexity index is 863. The van der Waals surface area contributed by atoms with E-state index in [-0.39, 0.29) is 23.6 Å². The molecular weight excluding hydrogens is 346 g/mol. The summed E-state index contributed by atoms with van der Waals surface area (Å²) in [5.74, 6) is 0.698. The van der Waals surface area contributed by atoms with E-state index in [0.717, 1.165) is 0 Å². The van der Waals surface area contributed by atoms with Crippen LogP contribution in [0.3, 0.4) is 0 Å². The number of carbonyl (C=O) groups is 1. The summed E-state index contributed by atoms with van der Waals surface area (Å²) in [5.41, 5.74) is 0.280. The number of sulfonamides is 1. The van der Waals surface area contributed by atoms with Crippen molar-refractivity contribution in [1.29, 1.82) is 0 Å². The maximum absolute atomic E-state index is 12.3. The molecule has 1 aliphatic rings.